The molecule has 304 valence electrons. The van der Waals surface area contributed by atoms with Gasteiger partial charge in [0.1, 0.15) is 0 Å². The van der Waals surface area contributed by atoms with Gasteiger partial charge in [0, 0.05) is 25.8 Å². The van der Waals surface area contributed by atoms with Crippen LogP contribution in [-0.4, -0.2) is 9.52 Å². The maximum absolute atomic E-state index is 3.31. The van der Waals surface area contributed by atoms with E-state index in [1.165, 1.54) is 100 Å². The fraction of sp³-hybridized carbons (Fsp3) is 0.276. The van der Waals surface area contributed by atoms with Gasteiger partial charge in [0.15, 0.2) is 0 Å². The van der Waals surface area contributed by atoms with Crippen LogP contribution in [0, 0.1) is 17.9 Å². The molecule has 60 heavy (non-hydrogen) atoms. The van der Waals surface area contributed by atoms with Crippen LogP contribution < -0.4 is 10.4 Å². The van der Waals surface area contributed by atoms with Crippen molar-refractivity contribution in [1.82, 2.24) is 0 Å². The van der Waals surface area contributed by atoms with Crippen molar-refractivity contribution in [2.45, 2.75) is 92.9 Å². The molecule has 0 saturated heterocycles. The molecule has 0 aromatic heterocycles. The van der Waals surface area contributed by atoms with Gasteiger partial charge in [-0.15, -0.1) is 74.6 Å². The summed E-state index contributed by atoms with van der Waals surface area (Å²) in [6, 6.07) is 59.0. The second kappa shape index (κ2) is 20.9. The molecule has 2 radical (unpaired) electrons. The summed E-state index contributed by atoms with van der Waals surface area (Å²) >= 11 is 0. The molecule has 1 aliphatic heterocycles. The van der Waals surface area contributed by atoms with Crippen molar-refractivity contribution in [2.24, 2.45) is 11.8 Å². The molecule has 2 atom stereocenters. The quantitative estimate of drug-likeness (QED) is 0.0946. The molecular weight excluding hydrogens is 903 g/mol. The number of hydrogen-bond acceptors (Lipinski definition) is 0. The molecule has 0 amide bonds. The van der Waals surface area contributed by atoms with E-state index in [4.69, 9.17) is 0 Å². The van der Waals surface area contributed by atoms with Crippen LogP contribution in [-0.2, 0) is 38.7 Å². The number of hydrogen-bond donors (Lipinski definition) is 0. The third-order valence-electron chi connectivity index (χ3n) is 12.0. The minimum atomic E-state index is 0. The summed E-state index contributed by atoms with van der Waals surface area (Å²) in [5.41, 5.74) is 14.2. The molecule has 0 fully saturated rings. The Morgan fingerprint density at radius 1 is 0.483 bits per heavy atom. The largest absolute Gasteiger partial charge is 0.184 e. The first-order chi connectivity index (χ1) is 28.6. The fourth-order valence-electron chi connectivity index (χ4n) is 8.75. The van der Waals surface area contributed by atoms with E-state index in [1.807, 2.05) is 6.07 Å². The average molecular weight is 965 g/mol. The smallest absolute Gasteiger partial charge is 0.0920 e. The van der Waals surface area contributed by atoms with Crippen molar-refractivity contribution < 1.29 is 25.8 Å². The molecule has 0 aliphatic carbocycles. The molecule has 0 spiro atoms. The van der Waals surface area contributed by atoms with Gasteiger partial charge in [-0.05, 0) is 71.6 Å². The molecular formula is C58H61HfSi-3. The maximum atomic E-state index is 3.31. The van der Waals surface area contributed by atoms with Crippen molar-refractivity contribution in [3.8, 4) is 33.4 Å². The van der Waals surface area contributed by atoms with Gasteiger partial charge in [0.2, 0.25) is 0 Å². The van der Waals surface area contributed by atoms with Crippen LogP contribution in [0.3, 0.4) is 0 Å². The summed E-state index contributed by atoms with van der Waals surface area (Å²) in [6.07, 6.45) is 4.65. The Morgan fingerprint density at radius 3 is 1.40 bits per heavy atom. The van der Waals surface area contributed by atoms with E-state index in [2.05, 4.69) is 207 Å². The summed E-state index contributed by atoms with van der Waals surface area (Å²) in [7, 11) is 0.795. The molecule has 0 nitrogen and oxygen atoms in total. The van der Waals surface area contributed by atoms with E-state index < -0.39 is 0 Å². The van der Waals surface area contributed by atoms with Crippen molar-refractivity contribution in [3.63, 3.8) is 0 Å². The van der Waals surface area contributed by atoms with Crippen molar-refractivity contribution in [1.29, 1.82) is 0 Å². The molecule has 1 aliphatic rings. The number of fused-ring (bicyclic) bond motifs is 5. The van der Waals surface area contributed by atoms with E-state index in [-0.39, 0.29) is 25.8 Å². The van der Waals surface area contributed by atoms with Crippen LogP contribution in [0.1, 0.15) is 102 Å². The van der Waals surface area contributed by atoms with E-state index in [9.17, 15) is 0 Å². The summed E-state index contributed by atoms with van der Waals surface area (Å²) in [6.45, 7) is 18.3. The van der Waals surface area contributed by atoms with E-state index in [0.717, 1.165) is 22.4 Å². The zero-order valence-corrected chi connectivity index (χ0v) is 41.7. The van der Waals surface area contributed by atoms with E-state index in [1.54, 1.807) is 0 Å². The second-order valence-corrected chi connectivity index (χ2v) is 18.8. The van der Waals surface area contributed by atoms with Gasteiger partial charge in [-0.25, -0.2) is 0 Å². The minimum Gasteiger partial charge on any atom is -0.184 e. The first-order valence-corrected chi connectivity index (χ1v) is 23.1. The van der Waals surface area contributed by atoms with Crippen LogP contribution in [0.15, 0.2) is 152 Å². The first-order valence-electron chi connectivity index (χ1n) is 22.1. The van der Waals surface area contributed by atoms with Crippen molar-refractivity contribution >= 4 is 41.4 Å². The Kier molecular flexibility index (Phi) is 15.8. The van der Waals surface area contributed by atoms with Gasteiger partial charge in [-0.2, -0.15) is 41.6 Å². The summed E-state index contributed by atoms with van der Waals surface area (Å²) in [5.74, 6) is 2.57. The molecule has 2 heteroatoms. The monoisotopic (exact) mass is 965 g/mol. The van der Waals surface area contributed by atoms with Gasteiger partial charge in [-0.1, -0.05) is 162 Å². The third-order valence-corrected chi connectivity index (χ3v) is 13.4. The Morgan fingerprint density at radius 2 is 0.917 bits per heavy atom. The predicted molar refractivity (Wildman–Crippen MR) is 260 cm³/mol. The fourth-order valence-corrected chi connectivity index (χ4v) is 10.1. The number of rotatable bonds is 10. The summed E-state index contributed by atoms with van der Waals surface area (Å²) in [5, 5.41) is 8.37. The zero-order chi connectivity index (χ0) is 41.5. The minimum absolute atomic E-state index is 0. The van der Waals surface area contributed by atoms with Crippen LogP contribution >= 0.6 is 0 Å². The van der Waals surface area contributed by atoms with Crippen LogP contribution in [0.25, 0.3) is 54.9 Å². The SMILES string of the molecule is CCC(C)c1ccccc1-c1cccc2[cH-]c(CC(C)C)cc12.CCC(C)c1ccccc1-c1cccc2[cH-]c(CC(C)C)cc12.[Hf].[c-]1cccc2c1[Si]c1ccccc1-2. The molecule has 9 rings (SSSR count). The standard InChI is InChI=1S/2C23H27.C12H7Si.Hf/c2*1-5-17(4)20-10-6-7-11-21(20)22-12-8-9-19-14-18(13-16(2)3)15-23(19)22;1-3-7-11-9(5-1)10-6-2-4-8-12(10)13-11;/h2*6-12,14-17H,5,13H2,1-4H3;1-7H;/q3*-1;. The molecule has 0 bridgehead atoms. The summed E-state index contributed by atoms with van der Waals surface area (Å²) < 4.78 is 0. The molecule has 1 heterocycles. The van der Waals surface area contributed by atoms with Gasteiger partial charge >= 0.3 is 0 Å². The normalized spacial score (nSPS) is 12.6. The first kappa shape index (κ1) is 45.2. The second-order valence-electron chi connectivity index (χ2n) is 17.5. The van der Waals surface area contributed by atoms with Crippen molar-refractivity contribution in [2.75, 3.05) is 0 Å². The Bertz CT molecular complexity index is 2430. The zero-order valence-electron chi connectivity index (χ0n) is 37.1. The van der Waals surface area contributed by atoms with Crippen LogP contribution in [0.5, 0.6) is 0 Å². The van der Waals surface area contributed by atoms with Crippen LogP contribution in [0.2, 0.25) is 0 Å². The van der Waals surface area contributed by atoms with Crippen molar-refractivity contribution in [3.05, 3.63) is 180 Å². The molecule has 2 unspecified atom stereocenters. The van der Waals surface area contributed by atoms with Gasteiger partial charge in [0.25, 0.3) is 0 Å². The van der Waals surface area contributed by atoms with Crippen LogP contribution in [0.4, 0.5) is 0 Å². The molecule has 0 N–H and O–H groups in total. The molecule has 0 saturated carbocycles. The predicted octanol–water partition coefficient (Wildman–Crippen LogP) is 15.0. The Balaban J connectivity index is 0.000000155. The van der Waals surface area contributed by atoms with Gasteiger partial charge < -0.3 is 0 Å². The molecule has 8 aromatic carbocycles. The molecule has 8 aromatic rings. The third kappa shape index (κ3) is 10.4. The Hall–Kier alpha value is -4.37. The Labute approximate surface area is 382 Å². The topological polar surface area (TPSA) is 0 Å². The van der Waals surface area contributed by atoms with Gasteiger partial charge in [-0.3, -0.25) is 0 Å². The average Bonchev–Trinajstić information content (AvgIpc) is 3.97. The van der Waals surface area contributed by atoms with Gasteiger partial charge in [0.05, 0.1) is 9.52 Å². The number of benzene rings is 6. The van der Waals surface area contributed by atoms with E-state index in [0.29, 0.717) is 23.7 Å². The van der Waals surface area contributed by atoms with E-state index >= 15 is 0 Å². The maximum Gasteiger partial charge on any atom is 0.0920 e. The summed E-state index contributed by atoms with van der Waals surface area (Å²) in [4.78, 5) is 0.